The lowest BCUT2D eigenvalue weighted by Gasteiger charge is -2.36. The van der Waals surface area contributed by atoms with E-state index in [0.29, 0.717) is 25.1 Å². The zero-order valence-corrected chi connectivity index (χ0v) is 18.6. The largest absolute Gasteiger partial charge is 0.367 e. The zero-order chi connectivity index (χ0) is 22.2. The number of rotatable bonds is 4. The van der Waals surface area contributed by atoms with E-state index in [1.54, 1.807) is 12.3 Å². The average Bonchev–Trinajstić information content (AvgIpc) is 3.12. The van der Waals surface area contributed by atoms with Gasteiger partial charge >= 0.3 is 0 Å². The van der Waals surface area contributed by atoms with Crippen LogP contribution in [0.2, 0.25) is 0 Å². The first-order valence-corrected chi connectivity index (χ1v) is 11.5. The average molecular weight is 456 g/mol. The second-order valence-corrected chi connectivity index (χ2v) is 9.08. The number of fused-ring (bicyclic) bond motifs is 1. The Balaban J connectivity index is 1.26. The number of piperazine rings is 1. The summed E-state index contributed by atoms with van der Waals surface area (Å²) >= 11 is 4.82. The van der Waals surface area contributed by atoms with E-state index in [9.17, 15) is 14.0 Å². The van der Waals surface area contributed by atoms with Crippen LogP contribution >= 0.6 is 12.6 Å². The molecule has 0 radical (unpaired) electrons. The molecular formula is C23H26FN5O2S. The summed E-state index contributed by atoms with van der Waals surface area (Å²) in [5, 5.41) is 2.29. The molecule has 32 heavy (non-hydrogen) atoms. The number of aromatic nitrogens is 1. The minimum absolute atomic E-state index is 0.166. The number of hydrogen-bond donors (Lipinski definition) is 2. The molecule has 168 valence electrons. The number of benzene rings is 1. The van der Waals surface area contributed by atoms with Crippen molar-refractivity contribution in [1.82, 2.24) is 20.1 Å². The van der Waals surface area contributed by atoms with Crippen molar-refractivity contribution in [3.05, 3.63) is 59.2 Å². The summed E-state index contributed by atoms with van der Waals surface area (Å²) in [6.45, 7) is 4.65. The lowest BCUT2D eigenvalue weighted by Crippen LogP contribution is -2.51. The number of nitrogens with zero attached hydrogens (tertiary/aromatic N) is 4. The number of carbonyl (C=O) groups excluding carboxylic acids is 2. The van der Waals surface area contributed by atoms with Crippen LogP contribution in [0.1, 0.15) is 34.9 Å². The van der Waals surface area contributed by atoms with Gasteiger partial charge in [-0.1, -0.05) is 18.2 Å². The first-order chi connectivity index (χ1) is 15.5. The predicted molar refractivity (Wildman–Crippen MR) is 122 cm³/mol. The van der Waals surface area contributed by atoms with Gasteiger partial charge in [0.05, 0.1) is 23.3 Å². The summed E-state index contributed by atoms with van der Waals surface area (Å²) in [5.41, 5.74) is 4.20. The van der Waals surface area contributed by atoms with Crippen molar-refractivity contribution < 1.29 is 14.0 Å². The molecule has 5 rings (SSSR count). The summed E-state index contributed by atoms with van der Waals surface area (Å²) in [7, 11) is 0. The lowest BCUT2D eigenvalue weighted by atomic mass is 10.0. The Labute approximate surface area is 192 Å². The van der Waals surface area contributed by atoms with Crippen molar-refractivity contribution in [1.29, 1.82) is 0 Å². The molecule has 3 aliphatic heterocycles. The van der Waals surface area contributed by atoms with Gasteiger partial charge in [0.25, 0.3) is 0 Å². The first kappa shape index (κ1) is 21.4. The Morgan fingerprint density at radius 1 is 1.16 bits per heavy atom. The quantitative estimate of drug-likeness (QED) is 0.544. The van der Waals surface area contributed by atoms with Crippen molar-refractivity contribution >= 4 is 30.1 Å². The van der Waals surface area contributed by atoms with Gasteiger partial charge < -0.3 is 4.90 Å². The van der Waals surface area contributed by atoms with Crippen molar-refractivity contribution in [2.24, 2.45) is 0 Å². The Morgan fingerprint density at radius 3 is 2.72 bits per heavy atom. The fraction of sp³-hybridized carbons (Fsp3) is 0.435. The molecule has 3 aliphatic rings. The first-order valence-electron chi connectivity index (χ1n) is 11.0. The minimum Gasteiger partial charge on any atom is -0.367 e. The maximum Gasteiger partial charge on any atom is 0.243 e. The fourth-order valence-electron chi connectivity index (χ4n) is 4.98. The Hall–Kier alpha value is -2.49. The molecule has 0 aliphatic carbocycles. The Morgan fingerprint density at radius 2 is 1.97 bits per heavy atom. The molecule has 2 atom stereocenters. The molecule has 0 spiro atoms. The Kier molecular flexibility index (Phi) is 5.88. The van der Waals surface area contributed by atoms with E-state index in [4.69, 9.17) is 12.6 Å². The molecule has 4 heterocycles. The third-order valence-corrected chi connectivity index (χ3v) is 7.29. The lowest BCUT2D eigenvalue weighted by molar-refractivity contribution is -0.137. The summed E-state index contributed by atoms with van der Waals surface area (Å²) in [6, 6.07) is 7.66. The standard InChI is InChI=1S/C23H26FN5O2S/c24-18-12-25-7-6-19(18)28-10-8-27(9-11-28)13-15-2-1-3-16-17(15)14-29(23(16)32)20-4-5-21(30)26-22(20)31/h1-3,6-7,12,20,23,32H,4-5,8-11,13-14H2,(H,26,30,31). The fourth-order valence-corrected chi connectivity index (χ4v) is 5.46. The van der Waals surface area contributed by atoms with Gasteiger partial charge in [-0.25, -0.2) is 4.39 Å². The topological polar surface area (TPSA) is 68.8 Å². The SMILES string of the molecule is O=C1CCC(N2Cc3c(CN4CCN(c5ccncc5F)CC4)cccc3C2S)C(=O)N1. The molecule has 2 amide bonds. The number of hydrogen-bond acceptors (Lipinski definition) is 7. The maximum absolute atomic E-state index is 14.1. The molecule has 0 bridgehead atoms. The molecule has 1 aromatic heterocycles. The highest BCUT2D eigenvalue weighted by Gasteiger charge is 2.39. The molecule has 2 fully saturated rings. The maximum atomic E-state index is 14.1. The van der Waals surface area contributed by atoms with Crippen molar-refractivity contribution in [2.75, 3.05) is 31.1 Å². The van der Waals surface area contributed by atoms with Crippen LogP contribution in [-0.4, -0.2) is 58.8 Å². The molecule has 2 aromatic rings. The number of piperidine rings is 1. The number of pyridine rings is 1. The van der Waals surface area contributed by atoms with Crippen molar-refractivity contribution in [2.45, 2.75) is 37.3 Å². The number of anilines is 1. The predicted octanol–water partition coefficient (Wildman–Crippen LogP) is 2.09. The van der Waals surface area contributed by atoms with Crippen LogP contribution in [0.25, 0.3) is 0 Å². The summed E-state index contributed by atoms with van der Waals surface area (Å²) in [4.78, 5) is 34.3. The molecule has 2 saturated heterocycles. The highest BCUT2D eigenvalue weighted by molar-refractivity contribution is 7.80. The van der Waals surface area contributed by atoms with Crippen molar-refractivity contribution in [3.8, 4) is 0 Å². The summed E-state index contributed by atoms with van der Waals surface area (Å²) in [5.74, 6) is -0.713. The second kappa shape index (κ2) is 8.80. The van der Waals surface area contributed by atoms with E-state index in [1.165, 1.54) is 17.3 Å². The third-order valence-electron chi connectivity index (χ3n) is 6.71. The molecule has 7 nitrogen and oxygen atoms in total. The van der Waals surface area contributed by atoms with Crippen LogP contribution < -0.4 is 10.2 Å². The van der Waals surface area contributed by atoms with Crippen molar-refractivity contribution in [3.63, 3.8) is 0 Å². The van der Waals surface area contributed by atoms with Crippen LogP contribution in [0.3, 0.4) is 0 Å². The number of halogens is 1. The molecule has 9 heteroatoms. The summed E-state index contributed by atoms with van der Waals surface area (Å²) < 4.78 is 14.1. The van der Waals surface area contributed by atoms with E-state index in [1.807, 2.05) is 6.07 Å². The molecule has 2 unspecified atom stereocenters. The van der Waals surface area contributed by atoms with E-state index in [-0.39, 0.29) is 29.0 Å². The third kappa shape index (κ3) is 4.00. The number of imide groups is 1. The highest BCUT2D eigenvalue weighted by atomic mass is 32.1. The summed E-state index contributed by atoms with van der Waals surface area (Å²) in [6.07, 6.45) is 3.77. The number of nitrogens with one attached hydrogen (secondary N) is 1. The van der Waals surface area contributed by atoms with Gasteiger partial charge in [-0.15, -0.1) is 0 Å². The van der Waals surface area contributed by atoms with Gasteiger partial charge in [-0.3, -0.25) is 29.7 Å². The number of thiol groups is 1. The number of carbonyl (C=O) groups is 2. The normalized spacial score (nSPS) is 24.5. The molecule has 1 N–H and O–H groups in total. The van der Waals surface area contributed by atoms with Gasteiger partial charge in [0.2, 0.25) is 11.8 Å². The zero-order valence-electron chi connectivity index (χ0n) is 17.7. The molecule has 1 aromatic carbocycles. The van der Waals surface area contributed by atoms with E-state index < -0.39 is 0 Å². The monoisotopic (exact) mass is 455 g/mol. The molecular weight excluding hydrogens is 429 g/mol. The second-order valence-electron chi connectivity index (χ2n) is 8.59. The van der Waals surface area contributed by atoms with E-state index in [0.717, 1.165) is 38.3 Å². The Bertz CT molecular complexity index is 1040. The van der Waals surface area contributed by atoms with E-state index in [2.05, 4.69) is 37.1 Å². The van der Waals surface area contributed by atoms with Gasteiger partial charge in [0, 0.05) is 51.9 Å². The van der Waals surface area contributed by atoms with Crippen LogP contribution in [0.4, 0.5) is 10.1 Å². The molecule has 0 saturated carbocycles. The van der Waals surface area contributed by atoms with Crippen LogP contribution in [0.5, 0.6) is 0 Å². The number of amides is 2. The van der Waals surface area contributed by atoms with Gasteiger partial charge in [0.1, 0.15) is 0 Å². The minimum atomic E-state index is -0.339. The highest BCUT2D eigenvalue weighted by Crippen LogP contribution is 2.40. The smallest absolute Gasteiger partial charge is 0.243 e. The van der Waals surface area contributed by atoms with Gasteiger partial charge in [-0.2, -0.15) is 12.6 Å². The van der Waals surface area contributed by atoms with Gasteiger partial charge in [0.15, 0.2) is 5.82 Å². The van der Waals surface area contributed by atoms with Crippen LogP contribution in [0, 0.1) is 5.82 Å². The van der Waals surface area contributed by atoms with Gasteiger partial charge in [-0.05, 0) is 29.2 Å². The van der Waals surface area contributed by atoms with Crippen LogP contribution in [0.15, 0.2) is 36.7 Å². The van der Waals surface area contributed by atoms with Crippen LogP contribution in [-0.2, 0) is 22.7 Å². The van der Waals surface area contributed by atoms with E-state index >= 15 is 0 Å².